The van der Waals surface area contributed by atoms with Crippen LogP contribution in [0.15, 0.2) is 96.0 Å². The van der Waals surface area contributed by atoms with Crippen molar-refractivity contribution in [1.29, 1.82) is 0 Å². The highest BCUT2D eigenvalue weighted by molar-refractivity contribution is 8.93. The Morgan fingerprint density at radius 2 is 1.70 bits per heavy atom. The second-order valence-corrected chi connectivity index (χ2v) is 8.99. The maximum absolute atomic E-state index is 12.1. The number of ether oxygens (including phenoxy) is 1. The number of halogens is 1. The second kappa shape index (κ2) is 10.1. The van der Waals surface area contributed by atoms with Gasteiger partial charge in [0.05, 0.1) is 18.1 Å². The third kappa shape index (κ3) is 4.32. The maximum Gasteiger partial charge on any atom is 0.217 e. The topological polar surface area (TPSA) is 55.6 Å². The van der Waals surface area contributed by atoms with Crippen LogP contribution in [0.2, 0.25) is 0 Å². The van der Waals surface area contributed by atoms with E-state index in [1.54, 1.807) is 6.26 Å². The number of hydrogen-bond donors (Lipinski definition) is 1. The van der Waals surface area contributed by atoms with E-state index in [0.717, 1.165) is 38.8 Å². The summed E-state index contributed by atoms with van der Waals surface area (Å²) in [4.78, 5) is 14.7. The van der Waals surface area contributed by atoms with Gasteiger partial charge in [-0.05, 0) is 66.5 Å². The van der Waals surface area contributed by atoms with Gasteiger partial charge < -0.3 is 10.5 Å². The van der Waals surface area contributed by atoms with Crippen molar-refractivity contribution in [3.05, 3.63) is 107 Å². The quantitative estimate of drug-likeness (QED) is 0.530. The fourth-order valence-corrected chi connectivity index (χ4v) is 6.01. The minimum absolute atomic E-state index is 0. The van der Waals surface area contributed by atoms with Crippen LogP contribution in [-0.4, -0.2) is 23.9 Å². The summed E-state index contributed by atoms with van der Waals surface area (Å²) in [5.41, 5.74) is 12.1. The van der Waals surface area contributed by atoms with Gasteiger partial charge in [0, 0.05) is 13.0 Å². The number of hydrogen-bond acceptors (Lipinski definition) is 3. The molecular formula is C28H31BrN2O2. The second-order valence-electron chi connectivity index (χ2n) is 8.99. The highest BCUT2D eigenvalue weighted by Gasteiger charge is 2.51. The van der Waals surface area contributed by atoms with E-state index in [2.05, 4.69) is 71.6 Å². The van der Waals surface area contributed by atoms with Crippen molar-refractivity contribution < 1.29 is 9.53 Å². The summed E-state index contributed by atoms with van der Waals surface area (Å²) in [7, 11) is 0. The Bertz CT molecular complexity index is 1040. The first-order chi connectivity index (χ1) is 15.7. The molecule has 4 nitrogen and oxygen atoms in total. The fourth-order valence-electron chi connectivity index (χ4n) is 6.01. The van der Waals surface area contributed by atoms with Crippen LogP contribution < -0.4 is 5.73 Å². The van der Waals surface area contributed by atoms with E-state index >= 15 is 0 Å². The van der Waals surface area contributed by atoms with Gasteiger partial charge in [-0.3, -0.25) is 9.69 Å². The van der Waals surface area contributed by atoms with E-state index < -0.39 is 0 Å². The third-order valence-electron chi connectivity index (χ3n) is 7.34. The van der Waals surface area contributed by atoms with Crippen LogP contribution in [-0.2, 0) is 15.1 Å². The normalized spacial score (nSPS) is 21.2. The Balaban J connectivity index is 0.00000259. The summed E-state index contributed by atoms with van der Waals surface area (Å²) in [5.74, 6) is -0.0830. The lowest BCUT2D eigenvalue weighted by Crippen LogP contribution is -2.47. The molecule has 0 radical (unpaired) electrons. The summed E-state index contributed by atoms with van der Waals surface area (Å²) in [6.45, 7) is 1.89. The van der Waals surface area contributed by atoms with Crippen molar-refractivity contribution in [1.82, 2.24) is 4.90 Å². The van der Waals surface area contributed by atoms with Crippen molar-refractivity contribution in [2.24, 2.45) is 11.7 Å². The average molecular weight is 507 g/mol. The first-order valence-electron chi connectivity index (χ1n) is 11.6. The van der Waals surface area contributed by atoms with Gasteiger partial charge in [-0.2, -0.15) is 0 Å². The van der Waals surface area contributed by atoms with Crippen molar-refractivity contribution in [3.63, 3.8) is 0 Å². The van der Waals surface area contributed by atoms with Crippen LogP contribution in [0.4, 0.5) is 0 Å². The van der Waals surface area contributed by atoms with Crippen LogP contribution in [0.3, 0.4) is 0 Å². The van der Waals surface area contributed by atoms with Crippen LogP contribution in [0.1, 0.15) is 43.2 Å². The Morgan fingerprint density at radius 1 is 1.03 bits per heavy atom. The molecule has 3 aliphatic rings. The van der Waals surface area contributed by atoms with E-state index in [9.17, 15) is 4.79 Å². The molecule has 1 unspecified atom stereocenters. The first kappa shape index (κ1) is 23.5. The first-order valence-corrected chi connectivity index (χ1v) is 11.6. The lowest BCUT2D eigenvalue weighted by molar-refractivity contribution is -0.119. The highest BCUT2D eigenvalue weighted by atomic mass is 79.9. The number of nitrogens with zero attached hydrogens (tertiary/aromatic N) is 1. The molecule has 1 atom stereocenters. The zero-order valence-electron chi connectivity index (χ0n) is 18.8. The number of likely N-dealkylation sites (tertiary alicyclic amines) is 1. The predicted octanol–water partition coefficient (Wildman–Crippen LogP) is 5.61. The smallest absolute Gasteiger partial charge is 0.217 e. The fraction of sp³-hybridized carbons (Fsp3) is 0.321. The Morgan fingerprint density at radius 3 is 2.33 bits per heavy atom. The van der Waals surface area contributed by atoms with Crippen LogP contribution in [0, 0.1) is 5.92 Å². The number of benzene rings is 2. The Labute approximate surface area is 206 Å². The van der Waals surface area contributed by atoms with Gasteiger partial charge in [-0.25, -0.2) is 0 Å². The summed E-state index contributed by atoms with van der Waals surface area (Å²) in [5, 5.41) is 0. The Hall–Kier alpha value is -2.63. The molecule has 0 aromatic heterocycles. The van der Waals surface area contributed by atoms with E-state index in [0.29, 0.717) is 6.42 Å². The zero-order valence-corrected chi connectivity index (χ0v) is 20.5. The number of amides is 1. The van der Waals surface area contributed by atoms with Gasteiger partial charge in [0.2, 0.25) is 5.91 Å². The van der Waals surface area contributed by atoms with Crippen LogP contribution in [0.25, 0.3) is 0 Å². The lowest BCUT2D eigenvalue weighted by Gasteiger charge is -2.44. The Kier molecular flexibility index (Phi) is 7.20. The van der Waals surface area contributed by atoms with Crippen LogP contribution in [0.5, 0.6) is 0 Å². The maximum atomic E-state index is 12.1. The molecule has 0 bridgehead atoms. The molecule has 2 aromatic carbocycles. The summed E-state index contributed by atoms with van der Waals surface area (Å²) in [6.07, 6.45) is 10.3. The number of allylic oxidation sites excluding steroid dienone is 3. The monoisotopic (exact) mass is 506 g/mol. The molecule has 5 heteroatoms. The summed E-state index contributed by atoms with van der Waals surface area (Å²) < 4.78 is 5.38. The largest absolute Gasteiger partial charge is 0.472 e. The molecular weight excluding hydrogens is 476 g/mol. The van der Waals surface area contributed by atoms with Crippen molar-refractivity contribution >= 4 is 22.9 Å². The van der Waals surface area contributed by atoms with Gasteiger partial charge in [0.25, 0.3) is 0 Å². The van der Waals surface area contributed by atoms with Gasteiger partial charge in [0.1, 0.15) is 0 Å². The van der Waals surface area contributed by atoms with Gasteiger partial charge in [-0.15, -0.1) is 17.0 Å². The van der Waals surface area contributed by atoms with E-state index in [-0.39, 0.29) is 34.3 Å². The van der Waals surface area contributed by atoms with Gasteiger partial charge in [-0.1, -0.05) is 66.2 Å². The number of fused-ring (bicyclic) bond motifs is 1. The molecule has 33 heavy (non-hydrogen) atoms. The predicted molar refractivity (Wildman–Crippen MR) is 137 cm³/mol. The molecule has 5 rings (SSSR count). The van der Waals surface area contributed by atoms with Crippen molar-refractivity contribution in [2.45, 2.75) is 37.6 Å². The number of carbonyl (C=O) groups excluding carboxylic acids is 1. The summed E-state index contributed by atoms with van der Waals surface area (Å²) >= 11 is 0. The molecule has 1 saturated heterocycles. The molecule has 1 fully saturated rings. The van der Waals surface area contributed by atoms with E-state index in [4.69, 9.17) is 10.5 Å². The van der Waals surface area contributed by atoms with Gasteiger partial charge in [0.15, 0.2) is 0 Å². The molecule has 2 N–H and O–H groups in total. The minimum Gasteiger partial charge on any atom is -0.472 e. The molecule has 2 aromatic rings. The van der Waals surface area contributed by atoms with Crippen molar-refractivity contribution in [2.75, 3.05) is 13.1 Å². The number of nitrogens with two attached hydrogens (primary N) is 1. The molecule has 0 spiro atoms. The number of carbonyl (C=O) groups is 1. The molecule has 2 heterocycles. The van der Waals surface area contributed by atoms with E-state index in [1.165, 1.54) is 27.8 Å². The van der Waals surface area contributed by atoms with Crippen LogP contribution >= 0.6 is 17.0 Å². The number of primary amides is 1. The third-order valence-corrected chi connectivity index (χ3v) is 7.34. The summed E-state index contributed by atoms with van der Waals surface area (Å²) in [6, 6.07) is 21.3. The standard InChI is InChI=1S/C28H30N2O2.BrH/c29-27(31)19-25-14-17-30(16-13-21-11-12-22-20-32-18-15-26(21)22)28(25,23-7-3-1-4-8-23)24-9-5-2-6-10-24;/h1-10,15,18,20,25H,11-14,16-17,19H2,(H2,29,31);1H. The average Bonchev–Trinajstić information content (AvgIpc) is 3.40. The van der Waals surface area contributed by atoms with Crippen molar-refractivity contribution in [3.8, 4) is 0 Å². The van der Waals surface area contributed by atoms with Gasteiger partial charge >= 0.3 is 0 Å². The zero-order chi connectivity index (χ0) is 22.0. The molecule has 172 valence electrons. The molecule has 1 aliphatic carbocycles. The lowest BCUT2D eigenvalue weighted by atomic mass is 9.72. The minimum atomic E-state index is -0.356. The molecule has 0 saturated carbocycles. The SMILES string of the molecule is Br.NC(=O)CC1CCN(CCC2=C3C=COC=C3CC2)C1(c1ccccc1)c1ccccc1. The van der Waals surface area contributed by atoms with E-state index in [1.807, 2.05) is 6.26 Å². The molecule has 1 amide bonds. The number of rotatable bonds is 7. The highest BCUT2D eigenvalue weighted by Crippen LogP contribution is 2.50. The molecule has 2 aliphatic heterocycles.